The van der Waals surface area contributed by atoms with E-state index in [1.807, 2.05) is 0 Å². The van der Waals surface area contributed by atoms with Crippen molar-refractivity contribution < 1.29 is 0 Å². The predicted octanol–water partition coefficient (Wildman–Crippen LogP) is 1.47. The van der Waals surface area contributed by atoms with Gasteiger partial charge < -0.3 is 10.2 Å². The second kappa shape index (κ2) is 3.82. The fourth-order valence-electron chi connectivity index (χ4n) is 3.40. The van der Waals surface area contributed by atoms with Crippen LogP contribution in [0.5, 0.6) is 0 Å². The number of nitrogens with one attached hydrogen (secondary N) is 1. The molecular weight excluding hydrogens is 172 g/mol. The van der Waals surface area contributed by atoms with E-state index in [0.717, 1.165) is 17.9 Å². The van der Waals surface area contributed by atoms with Crippen LogP contribution in [0.25, 0.3) is 0 Å². The van der Waals surface area contributed by atoms with Gasteiger partial charge in [-0.05, 0) is 70.1 Å². The number of nitrogens with zero attached hydrogens (tertiary/aromatic N) is 1. The predicted molar refractivity (Wildman–Crippen MR) is 58.3 cm³/mol. The quantitative estimate of drug-likeness (QED) is 0.680. The molecule has 2 heteroatoms. The van der Waals surface area contributed by atoms with E-state index in [1.165, 1.54) is 51.9 Å². The second-order valence-electron chi connectivity index (χ2n) is 5.37. The third kappa shape index (κ3) is 1.82. The highest BCUT2D eigenvalue weighted by atomic mass is 15.2. The third-order valence-corrected chi connectivity index (χ3v) is 4.33. The summed E-state index contributed by atoms with van der Waals surface area (Å²) < 4.78 is 0. The van der Waals surface area contributed by atoms with Crippen molar-refractivity contribution in [3.8, 4) is 0 Å². The Bertz CT molecular complexity index is 186. The molecule has 0 aromatic rings. The smallest absolute Gasteiger partial charge is 0.0101 e. The number of rotatable bonds is 1. The molecule has 80 valence electrons. The zero-order valence-electron chi connectivity index (χ0n) is 9.04. The molecule has 3 fully saturated rings. The van der Waals surface area contributed by atoms with Gasteiger partial charge in [-0.2, -0.15) is 0 Å². The average Bonchev–Trinajstić information content (AvgIpc) is 2.73. The first kappa shape index (κ1) is 9.17. The number of fused-ring (bicyclic) bond motifs is 1. The molecule has 2 aliphatic carbocycles. The van der Waals surface area contributed by atoms with E-state index in [4.69, 9.17) is 0 Å². The zero-order valence-corrected chi connectivity index (χ0v) is 9.04. The molecule has 3 aliphatic rings. The summed E-state index contributed by atoms with van der Waals surface area (Å²) in [5, 5.41) is 3.49. The van der Waals surface area contributed by atoms with Gasteiger partial charge in [0.15, 0.2) is 0 Å². The van der Waals surface area contributed by atoms with E-state index in [9.17, 15) is 0 Å². The van der Waals surface area contributed by atoms with Gasteiger partial charge in [0, 0.05) is 6.04 Å². The van der Waals surface area contributed by atoms with Crippen molar-refractivity contribution in [2.45, 2.75) is 38.1 Å². The van der Waals surface area contributed by atoms with Crippen molar-refractivity contribution in [3.05, 3.63) is 0 Å². The minimum atomic E-state index is 0.969. The van der Waals surface area contributed by atoms with E-state index in [1.54, 1.807) is 6.42 Å². The van der Waals surface area contributed by atoms with Crippen LogP contribution in [0.4, 0.5) is 0 Å². The summed E-state index contributed by atoms with van der Waals surface area (Å²) in [5.74, 6) is 2.28. The number of hydrogen-bond donors (Lipinski definition) is 1. The normalized spacial score (nSPS) is 44.1. The van der Waals surface area contributed by atoms with Gasteiger partial charge in [0.2, 0.25) is 0 Å². The minimum absolute atomic E-state index is 0.969. The lowest BCUT2D eigenvalue weighted by molar-refractivity contribution is 0.174. The molecule has 2 unspecified atom stereocenters. The minimum Gasteiger partial charge on any atom is -0.317 e. The van der Waals surface area contributed by atoms with E-state index in [0.29, 0.717) is 0 Å². The molecule has 1 heterocycles. The standard InChI is InChI=1S/C12H22N2/c1-3-13-4-2-6-14(5-1)12-8-10-7-11(10)9-12/h10-13H,1-9H2. The largest absolute Gasteiger partial charge is 0.317 e. The lowest BCUT2D eigenvalue weighted by Gasteiger charge is -2.31. The van der Waals surface area contributed by atoms with Gasteiger partial charge in [0.25, 0.3) is 0 Å². The van der Waals surface area contributed by atoms with Gasteiger partial charge in [0.1, 0.15) is 0 Å². The summed E-state index contributed by atoms with van der Waals surface area (Å²) in [6, 6.07) is 0.969. The van der Waals surface area contributed by atoms with Crippen LogP contribution in [0.3, 0.4) is 0 Å². The number of hydrogen-bond acceptors (Lipinski definition) is 2. The van der Waals surface area contributed by atoms with Gasteiger partial charge in [0.05, 0.1) is 0 Å². The molecule has 2 atom stereocenters. The molecule has 0 amide bonds. The fourth-order valence-corrected chi connectivity index (χ4v) is 3.40. The van der Waals surface area contributed by atoms with Crippen molar-refractivity contribution in [2.75, 3.05) is 26.2 Å². The molecule has 1 saturated heterocycles. The third-order valence-electron chi connectivity index (χ3n) is 4.33. The second-order valence-corrected chi connectivity index (χ2v) is 5.37. The van der Waals surface area contributed by atoms with Crippen LogP contribution in [0.2, 0.25) is 0 Å². The first-order valence-corrected chi connectivity index (χ1v) is 6.38. The van der Waals surface area contributed by atoms with Crippen molar-refractivity contribution in [1.82, 2.24) is 10.2 Å². The van der Waals surface area contributed by atoms with E-state index >= 15 is 0 Å². The van der Waals surface area contributed by atoms with E-state index in [2.05, 4.69) is 10.2 Å². The first-order chi connectivity index (χ1) is 6.93. The maximum Gasteiger partial charge on any atom is 0.0101 e. The summed E-state index contributed by atoms with van der Waals surface area (Å²) >= 11 is 0. The SMILES string of the molecule is C1CNCCCN(C2CC3CC3C2)C1. The van der Waals surface area contributed by atoms with Crippen LogP contribution in [0, 0.1) is 11.8 Å². The lowest BCUT2D eigenvalue weighted by Crippen LogP contribution is -2.40. The highest BCUT2D eigenvalue weighted by Crippen LogP contribution is 2.53. The van der Waals surface area contributed by atoms with Gasteiger partial charge in [-0.25, -0.2) is 0 Å². The highest BCUT2D eigenvalue weighted by molar-refractivity contribution is 4.99. The Morgan fingerprint density at radius 3 is 2.14 bits per heavy atom. The molecule has 14 heavy (non-hydrogen) atoms. The Morgan fingerprint density at radius 2 is 1.50 bits per heavy atom. The maximum absolute atomic E-state index is 3.49. The Hall–Kier alpha value is -0.0800. The van der Waals surface area contributed by atoms with Crippen LogP contribution in [0.1, 0.15) is 32.1 Å². The maximum atomic E-state index is 3.49. The van der Waals surface area contributed by atoms with Gasteiger partial charge >= 0.3 is 0 Å². The Morgan fingerprint density at radius 1 is 0.857 bits per heavy atom. The Balaban J connectivity index is 1.53. The molecule has 0 aromatic carbocycles. The molecule has 3 rings (SSSR count). The van der Waals surface area contributed by atoms with Crippen molar-refractivity contribution in [2.24, 2.45) is 11.8 Å². The fraction of sp³-hybridized carbons (Fsp3) is 1.00. The zero-order chi connectivity index (χ0) is 9.38. The van der Waals surface area contributed by atoms with Crippen LogP contribution in [-0.4, -0.2) is 37.1 Å². The van der Waals surface area contributed by atoms with Crippen molar-refractivity contribution in [1.29, 1.82) is 0 Å². The monoisotopic (exact) mass is 194 g/mol. The van der Waals surface area contributed by atoms with Gasteiger partial charge in [-0.3, -0.25) is 0 Å². The molecule has 0 radical (unpaired) electrons. The first-order valence-electron chi connectivity index (χ1n) is 6.38. The van der Waals surface area contributed by atoms with Crippen LogP contribution < -0.4 is 5.32 Å². The molecule has 1 N–H and O–H groups in total. The summed E-state index contributed by atoms with van der Waals surface area (Å²) in [5.41, 5.74) is 0. The Kier molecular flexibility index (Phi) is 2.50. The van der Waals surface area contributed by atoms with Crippen LogP contribution >= 0.6 is 0 Å². The molecule has 1 aliphatic heterocycles. The van der Waals surface area contributed by atoms with E-state index in [-0.39, 0.29) is 0 Å². The summed E-state index contributed by atoms with van der Waals surface area (Å²) in [6.07, 6.45) is 7.32. The molecule has 2 nitrogen and oxygen atoms in total. The topological polar surface area (TPSA) is 15.3 Å². The van der Waals surface area contributed by atoms with Crippen LogP contribution in [0.15, 0.2) is 0 Å². The van der Waals surface area contributed by atoms with Gasteiger partial charge in [-0.15, -0.1) is 0 Å². The molecule has 0 bridgehead atoms. The molecule has 2 saturated carbocycles. The van der Waals surface area contributed by atoms with E-state index < -0.39 is 0 Å². The summed E-state index contributed by atoms with van der Waals surface area (Å²) in [4.78, 5) is 2.78. The summed E-state index contributed by atoms with van der Waals surface area (Å²) in [7, 11) is 0. The van der Waals surface area contributed by atoms with Crippen molar-refractivity contribution in [3.63, 3.8) is 0 Å². The Labute approximate surface area is 87.0 Å². The van der Waals surface area contributed by atoms with Gasteiger partial charge in [-0.1, -0.05) is 0 Å². The van der Waals surface area contributed by atoms with Crippen molar-refractivity contribution >= 4 is 0 Å². The molecular formula is C12H22N2. The highest BCUT2D eigenvalue weighted by Gasteiger charge is 2.47. The molecule has 0 spiro atoms. The lowest BCUT2D eigenvalue weighted by atomic mass is 10.1. The molecule has 0 aromatic heterocycles. The average molecular weight is 194 g/mol. The van der Waals surface area contributed by atoms with Crippen LogP contribution in [-0.2, 0) is 0 Å². The summed E-state index contributed by atoms with van der Waals surface area (Å²) in [6.45, 7) is 5.15.